The van der Waals surface area contributed by atoms with Crippen LogP contribution in [-0.4, -0.2) is 78.2 Å². The second-order valence-corrected chi connectivity index (χ2v) is 11.8. The molecular formula is C26H41N5O7. The third-order valence-electron chi connectivity index (χ3n) is 7.47. The number of hydrogen-bond donors (Lipinski definition) is 4. The first-order valence-corrected chi connectivity index (χ1v) is 13.5. The molecule has 3 atom stereocenters. The van der Waals surface area contributed by atoms with Crippen molar-refractivity contribution in [3.8, 4) is 0 Å². The van der Waals surface area contributed by atoms with Gasteiger partial charge >= 0.3 is 12.0 Å². The number of hydrogen-bond acceptors (Lipinski definition) is 7. The molecule has 0 aromatic carbocycles. The molecule has 3 rings (SSSR count). The van der Waals surface area contributed by atoms with Gasteiger partial charge in [-0.1, -0.05) is 40.0 Å². The maximum atomic E-state index is 13.6. The zero-order chi connectivity index (χ0) is 28.0. The molecule has 12 heteroatoms. The highest BCUT2D eigenvalue weighted by Crippen LogP contribution is 2.34. The van der Waals surface area contributed by atoms with E-state index in [-0.39, 0.29) is 12.5 Å². The van der Waals surface area contributed by atoms with E-state index in [0.717, 1.165) is 32.1 Å². The van der Waals surface area contributed by atoms with Crippen molar-refractivity contribution in [2.75, 3.05) is 19.7 Å². The summed E-state index contributed by atoms with van der Waals surface area (Å²) < 4.78 is 5.17. The molecule has 212 valence electrons. The summed E-state index contributed by atoms with van der Waals surface area (Å²) in [6.45, 7) is 5.67. The van der Waals surface area contributed by atoms with Crippen molar-refractivity contribution in [3.05, 3.63) is 0 Å². The Morgan fingerprint density at radius 3 is 2.18 bits per heavy atom. The van der Waals surface area contributed by atoms with Crippen LogP contribution in [0.3, 0.4) is 0 Å². The smallest absolute Gasteiger partial charge is 0.325 e. The summed E-state index contributed by atoms with van der Waals surface area (Å²) in [5, 5.41) is 7.73. The molecule has 1 heterocycles. The Labute approximate surface area is 223 Å². The number of ether oxygens (including phenoxy) is 1. The van der Waals surface area contributed by atoms with Crippen LogP contribution in [0.2, 0.25) is 0 Å². The molecule has 0 bridgehead atoms. The predicted molar refractivity (Wildman–Crippen MR) is 136 cm³/mol. The van der Waals surface area contributed by atoms with Gasteiger partial charge in [0.1, 0.15) is 18.6 Å². The van der Waals surface area contributed by atoms with Crippen molar-refractivity contribution in [2.24, 2.45) is 23.0 Å². The van der Waals surface area contributed by atoms with Crippen LogP contribution in [0.5, 0.6) is 0 Å². The highest BCUT2D eigenvalue weighted by Gasteiger charge is 2.43. The largest absolute Gasteiger partial charge is 0.464 e. The molecule has 3 aliphatic rings. The van der Waals surface area contributed by atoms with Crippen LogP contribution in [0.4, 0.5) is 4.79 Å². The molecule has 12 nitrogen and oxygen atoms in total. The molecule has 2 saturated carbocycles. The zero-order valence-electron chi connectivity index (χ0n) is 22.5. The van der Waals surface area contributed by atoms with Gasteiger partial charge in [0.2, 0.25) is 17.6 Å². The van der Waals surface area contributed by atoms with Gasteiger partial charge in [0, 0.05) is 6.54 Å². The zero-order valence-corrected chi connectivity index (χ0v) is 22.5. The first-order chi connectivity index (χ1) is 17.9. The molecule has 1 aliphatic heterocycles. The Morgan fingerprint density at radius 2 is 1.63 bits per heavy atom. The number of amides is 5. The Bertz CT molecular complexity index is 939. The van der Waals surface area contributed by atoms with Crippen LogP contribution in [-0.2, 0) is 28.7 Å². The number of rotatable bonds is 12. The summed E-state index contributed by atoms with van der Waals surface area (Å²) in [6, 6.07) is -3.55. The minimum Gasteiger partial charge on any atom is -0.464 e. The van der Waals surface area contributed by atoms with Crippen molar-refractivity contribution < 1.29 is 33.5 Å². The van der Waals surface area contributed by atoms with E-state index in [9.17, 15) is 28.8 Å². The molecular weight excluding hydrogens is 494 g/mol. The Balaban J connectivity index is 1.59. The van der Waals surface area contributed by atoms with E-state index in [1.165, 1.54) is 4.90 Å². The number of esters is 1. The number of nitrogens with zero attached hydrogens (tertiary/aromatic N) is 1. The fraction of sp³-hybridized carbons (Fsp3) is 0.769. The van der Waals surface area contributed by atoms with Gasteiger partial charge in [0.25, 0.3) is 5.91 Å². The number of carbonyl (C=O) groups excluding carboxylic acids is 6. The fourth-order valence-corrected chi connectivity index (χ4v) is 4.73. The molecule has 3 fully saturated rings. The lowest BCUT2D eigenvalue weighted by molar-refractivity contribution is -0.144. The number of urea groups is 1. The van der Waals surface area contributed by atoms with Gasteiger partial charge in [-0.05, 0) is 49.4 Å². The predicted octanol–water partition coefficient (Wildman–Crippen LogP) is 0.374. The van der Waals surface area contributed by atoms with E-state index in [1.807, 2.05) is 0 Å². The molecule has 2 aliphatic carbocycles. The summed E-state index contributed by atoms with van der Waals surface area (Å²) in [4.78, 5) is 76.4. The first-order valence-electron chi connectivity index (χ1n) is 13.5. The Kier molecular flexibility index (Phi) is 9.72. The average molecular weight is 536 g/mol. The molecule has 1 saturated heterocycles. The molecule has 0 aromatic heterocycles. The fourth-order valence-electron chi connectivity index (χ4n) is 4.73. The monoisotopic (exact) mass is 535 g/mol. The number of Topliss-reactive ketones (excluding diaryl/α,β-unsaturated/α-hetero) is 1. The summed E-state index contributed by atoms with van der Waals surface area (Å²) in [6.07, 6.45) is 6.34. The third kappa shape index (κ3) is 8.16. The molecule has 3 unspecified atom stereocenters. The second-order valence-electron chi connectivity index (χ2n) is 11.8. The van der Waals surface area contributed by atoms with Gasteiger partial charge in [0.05, 0.1) is 12.6 Å². The molecule has 0 spiro atoms. The van der Waals surface area contributed by atoms with Crippen LogP contribution >= 0.6 is 0 Å². The van der Waals surface area contributed by atoms with E-state index < -0.39 is 59.0 Å². The molecule has 0 radical (unpaired) electrons. The molecule has 5 N–H and O–H groups in total. The number of nitrogens with two attached hydrogens (primary N) is 1. The van der Waals surface area contributed by atoms with Gasteiger partial charge in [-0.3, -0.25) is 24.0 Å². The van der Waals surface area contributed by atoms with Crippen molar-refractivity contribution in [3.63, 3.8) is 0 Å². The maximum Gasteiger partial charge on any atom is 0.325 e. The number of nitrogens with one attached hydrogen (secondary N) is 3. The van der Waals surface area contributed by atoms with E-state index in [0.29, 0.717) is 38.3 Å². The van der Waals surface area contributed by atoms with Crippen molar-refractivity contribution in [1.82, 2.24) is 20.9 Å². The van der Waals surface area contributed by atoms with Gasteiger partial charge in [-0.25, -0.2) is 4.79 Å². The summed E-state index contributed by atoms with van der Waals surface area (Å²) >= 11 is 0. The normalized spacial score (nSPS) is 21.0. The summed E-state index contributed by atoms with van der Waals surface area (Å²) in [7, 11) is 0. The topological polar surface area (TPSA) is 177 Å². The van der Waals surface area contributed by atoms with Gasteiger partial charge in [-0.15, -0.1) is 0 Å². The van der Waals surface area contributed by atoms with Crippen molar-refractivity contribution in [1.29, 1.82) is 0 Å². The molecule has 5 amide bonds. The quantitative estimate of drug-likeness (QED) is 0.206. The Morgan fingerprint density at radius 1 is 0.947 bits per heavy atom. The third-order valence-corrected chi connectivity index (χ3v) is 7.47. The number of primary amides is 1. The van der Waals surface area contributed by atoms with E-state index in [4.69, 9.17) is 10.5 Å². The van der Waals surface area contributed by atoms with E-state index >= 15 is 0 Å². The van der Waals surface area contributed by atoms with Crippen molar-refractivity contribution in [2.45, 2.75) is 90.3 Å². The number of carbonyl (C=O) groups is 6. The lowest BCUT2D eigenvalue weighted by atomic mass is 9.85. The van der Waals surface area contributed by atoms with Crippen LogP contribution in [0.1, 0.15) is 72.1 Å². The number of ketones is 1. The van der Waals surface area contributed by atoms with E-state index in [2.05, 4.69) is 16.0 Å². The van der Waals surface area contributed by atoms with Crippen LogP contribution < -0.4 is 21.7 Å². The summed E-state index contributed by atoms with van der Waals surface area (Å²) in [5.74, 6) is -2.83. The van der Waals surface area contributed by atoms with Gasteiger partial charge < -0.3 is 31.3 Å². The highest BCUT2D eigenvalue weighted by molar-refractivity contribution is 6.37. The maximum absolute atomic E-state index is 13.6. The lowest BCUT2D eigenvalue weighted by Crippen LogP contribution is -2.60. The first kappa shape index (κ1) is 29.4. The minimum atomic E-state index is -1.11. The summed E-state index contributed by atoms with van der Waals surface area (Å²) in [5.41, 5.74) is 4.47. The van der Waals surface area contributed by atoms with Crippen molar-refractivity contribution >= 4 is 35.5 Å². The highest BCUT2D eigenvalue weighted by atomic mass is 16.5. The van der Waals surface area contributed by atoms with Crippen LogP contribution in [0.15, 0.2) is 0 Å². The number of likely N-dealkylation sites (tertiary alicyclic amines) is 1. The minimum absolute atomic E-state index is 0.258. The standard InChI is InChI=1S/C26H41N5O7/c1-26(2,3)21(30-25(37)28-13-19(32)38-14-16-6-4-7-16)24(36)31-11-5-8-18(31)23(35)29-17(12-15-9-10-15)20(33)22(27)34/h15-18,21H,4-14H2,1-3H3,(H2,27,34)(H,29,35)(H2,28,30,37). The van der Waals surface area contributed by atoms with E-state index in [1.54, 1.807) is 20.8 Å². The average Bonchev–Trinajstić information content (AvgIpc) is 3.49. The van der Waals surface area contributed by atoms with Gasteiger partial charge in [-0.2, -0.15) is 0 Å². The molecule has 38 heavy (non-hydrogen) atoms. The second kappa shape index (κ2) is 12.6. The lowest BCUT2D eigenvalue weighted by Gasteiger charge is -2.35. The SMILES string of the molecule is CC(C)(C)C(NC(=O)NCC(=O)OCC1CCC1)C(=O)N1CCCC1C(=O)NC(CC1CC1)C(=O)C(N)=O. The van der Waals surface area contributed by atoms with Crippen LogP contribution in [0, 0.1) is 17.3 Å². The van der Waals surface area contributed by atoms with Gasteiger partial charge in [0.15, 0.2) is 0 Å². The Hall–Kier alpha value is -3.18. The van der Waals surface area contributed by atoms with Crippen LogP contribution in [0.25, 0.3) is 0 Å². The molecule has 0 aromatic rings.